The molecule has 174 valence electrons. The first kappa shape index (κ1) is 23.5. The van der Waals surface area contributed by atoms with Crippen molar-refractivity contribution in [2.24, 2.45) is 0 Å². The van der Waals surface area contributed by atoms with Crippen molar-refractivity contribution < 1.29 is 9.53 Å². The third-order valence-corrected chi connectivity index (χ3v) is 6.89. The molecule has 0 aliphatic carbocycles. The van der Waals surface area contributed by atoms with Crippen LogP contribution in [0.15, 0.2) is 58.5 Å². The number of ether oxygens (including phenoxy) is 1. The lowest BCUT2D eigenvalue weighted by Crippen LogP contribution is -2.40. The van der Waals surface area contributed by atoms with E-state index in [9.17, 15) is 9.59 Å². The van der Waals surface area contributed by atoms with Crippen molar-refractivity contribution in [1.29, 1.82) is 0 Å². The second kappa shape index (κ2) is 10.5. The van der Waals surface area contributed by atoms with E-state index in [1.54, 1.807) is 10.6 Å². The second-order valence-corrected chi connectivity index (χ2v) is 9.93. The molecule has 1 amide bonds. The summed E-state index contributed by atoms with van der Waals surface area (Å²) in [4.78, 5) is 33.4. The Balaban J connectivity index is 1.60. The van der Waals surface area contributed by atoms with Crippen LogP contribution in [0.25, 0.3) is 10.9 Å². The van der Waals surface area contributed by atoms with Gasteiger partial charge in [0.1, 0.15) is 0 Å². The minimum Gasteiger partial charge on any atom is -0.379 e. The first-order chi connectivity index (χ1) is 16.0. The number of benzene rings is 2. The molecule has 1 aliphatic rings. The number of fused-ring (bicyclic) bond motifs is 2. The Morgan fingerprint density at radius 2 is 1.88 bits per heavy atom. The molecule has 33 heavy (non-hydrogen) atoms. The second-order valence-electron chi connectivity index (χ2n) is 8.62. The van der Waals surface area contributed by atoms with Crippen molar-refractivity contribution in [2.45, 2.75) is 63.1 Å². The van der Waals surface area contributed by atoms with Gasteiger partial charge in [-0.15, -0.1) is 0 Å². The Kier molecular flexibility index (Phi) is 7.50. The number of anilines is 1. The molecule has 0 radical (unpaired) electrons. The summed E-state index contributed by atoms with van der Waals surface area (Å²) in [6.07, 6.45) is 2.80. The summed E-state index contributed by atoms with van der Waals surface area (Å²) in [5.74, 6) is 0.0456. The molecule has 6 nitrogen and oxygen atoms in total. The number of rotatable bonds is 8. The van der Waals surface area contributed by atoms with Gasteiger partial charge in [0.2, 0.25) is 5.91 Å². The number of nitrogens with zero attached hydrogens (tertiary/aromatic N) is 3. The van der Waals surface area contributed by atoms with Crippen molar-refractivity contribution in [2.75, 3.05) is 18.1 Å². The smallest absolute Gasteiger partial charge is 0.262 e. The largest absolute Gasteiger partial charge is 0.379 e. The summed E-state index contributed by atoms with van der Waals surface area (Å²) in [6.45, 7) is 7.68. The number of thioether (sulfide) groups is 1. The zero-order valence-electron chi connectivity index (χ0n) is 19.5. The number of hydrogen-bond donors (Lipinski definition) is 0. The molecular formula is C26H31N3O3S. The van der Waals surface area contributed by atoms with Gasteiger partial charge in [0.25, 0.3) is 5.56 Å². The predicted octanol–water partition coefficient (Wildman–Crippen LogP) is 4.67. The Labute approximate surface area is 199 Å². The van der Waals surface area contributed by atoms with E-state index in [4.69, 9.17) is 9.72 Å². The fraction of sp³-hybridized carbons (Fsp3) is 0.423. The molecular weight excluding hydrogens is 434 g/mol. The van der Waals surface area contributed by atoms with Gasteiger partial charge in [0, 0.05) is 25.4 Å². The summed E-state index contributed by atoms with van der Waals surface area (Å²) in [7, 11) is 0. The summed E-state index contributed by atoms with van der Waals surface area (Å²) in [5, 5.41) is 0.798. The minimum absolute atomic E-state index is 0.0456. The lowest BCUT2D eigenvalue weighted by atomic mass is 10.0. The van der Waals surface area contributed by atoms with E-state index in [0.717, 1.165) is 18.5 Å². The van der Waals surface area contributed by atoms with Crippen molar-refractivity contribution in [1.82, 2.24) is 9.55 Å². The molecule has 2 aromatic carbocycles. The van der Waals surface area contributed by atoms with Gasteiger partial charge in [-0.3, -0.25) is 14.2 Å². The lowest BCUT2D eigenvalue weighted by Gasteiger charge is -2.31. The van der Waals surface area contributed by atoms with Crippen LogP contribution < -0.4 is 10.5 Å². The number of amides is 1. The third-order valence-electron chi connectivity index (χ3n) is 5.81. The molecule has 4 rings (SSSR count). The summed E-state index contributed by atoms with van der Waals surface area (Å²) < 4.78 is 7.36. The topological polar surface area (TPSA) is 64.4 Å². The lowest BCUT2D eigenvalue weighted by molar-refractivity contribution is -0.117. The van der Waals surface area contributed by atoms with Crippen LogP contribution >= 0.6 is 11.8 Å². The minimum atomic E-state index is -0.373. The van der Waals surface area contributed by atoms with Crippen LogP contribution in [0.2, 0.25) is 0 Å². The molecule has 0 bridgehead atoms. The Morgan fingerprint density at radius 3 is 2.70 bits per heavy atom. The van der Waals surface area contributed by atoms with E-state index >= 15 is 0 Å². The number of aryl methyl sites for hydroxylation is 1. The van der Waals surface area contributed by atoms with Crippen LogP contribution in [0.4, 0.5) is 5.69 Å². The van der Waals surface area contributed by atoms with Crippen molar-refractivity contribution in [3.05, 3.63) is 64.4 Å². The summed E-state index contributed by atoms with van der Waals surface area (Å²) >= 11 is 1.36. The van der Waals surface area contributed by atoms with Crippen LogP contribution in [-0.2, 0) is 22.5 Å². The fourth-order valence-electron chi connectivity index (χ4n) is 4.17. The number of aromatic nitrogens is 2. The molecule has 7 heteroatoms. The van der Waals surface area contributed by atoms with Crippen LogP contribution in [0, 0.1) is 0 Å². The van der Waals surface area contributed by atoms with Gasteiger partial charge in [-0.25, -0.2) is 4.98 Å². The maximum absolute atomic E-state index is 13.4. The number of carbonyl (C=O) groups is 1. The molecule has 1 aromatic heterocycles. The zero-order valence-corrected chi connectivity index (χ0v) is 20.3. The molecule has 3 aromatic rings. The van der Waals surface area contributed by atoms with Crippen LogP contribution in [0.5, 0.6) is 0 Å². The number of hydrogen-bond acceptors (Lipinski definition) is 5. The van der Waals surface area contributed by atoms with E-state index in [0.29, 0.717) is 42.2 Å². The van der Waals surface area contributed by atoms with Gasteiger partial charge in [-0.1, -0.05) is 42.1 Å². The average molecular weight is 466 g/mol. The summed E-state index contributed by atoms with van der Waals surface area (Å²) in [5.41, 5.74) is 2.79. The van der Waals surface area contributed by atoms with Gasteiger partial charge >= 0.3 is 0 Å². The quantitative estimate of drug-likeness (QED) is 0.275. The predicted molar refractivity (Wildman–Crippen MR) is 134 cm³/mol. The Morgan fingerprint density at radius 1 is 1.12 bits per heavy atom. The highest BCUT2D eigenvalue weighted by atomic mass is 32.2. The number of para-hydroxylation sites is 2. The highest BCUT2D eigenvalue weighted by molar-refractivity contribution is 8.00. The normalized spacial score (nSPS) is 14.5. The van der Waals surface area contributed by atoms with Gasteiger partial charge < -0.3 is 9.64 Å². The molecule has 2 heterocycles. The zero-order chi connectivity index (χ0) is 23.4. The van der Waals surface area contributed by atoms with Gasteiger partial charge in [-0.2, -0.15) is 0 Å². The first-order valence-electron chi connectivity index (χ1n) is 11.6. The third kappa shape index (κ3) is 5.31. The van der Waals surface area contributed by atoms with Crippen molar-refractivity contribution in [3.8, 4) is 0 Å². The van der Waals surface area contributed by atoms with Gasteiger partial charge in [-0.05, 0) is 63.8 Å². The monoisotopic (exact) mass is 465 g/mol. The van der Waals surface area contributed by atoms with E-state index < -0.39 is 0 Å². The maximum atomic E-state index is 13.4. The maximum Gasteiger partial charge on any atom is 0.262 e. The average Bonchev–Trinajstić information content (AvgIpc) is 2.82. The van der Waals surface area contributed by atoms with E-state index in [1.807, 2.05) is 62.1 Å². The van der Waals surface area contributed by atoms with E-state index in [1.165, 1.54) is 17.3 Å². The van der Waals surface area contributed by atoms with Crippen LogP contribution in [0.1, 0.15) is 39.2 Å². The molecule has 0 saturated carbocycles. The molecule has 1 atom stereocenters. The van der Waals surface area contributed by atoms with E-state index in [-0.39, 0.29) is 22.8 Å². The fourth-order valence-corrected chi connectivity index (χ4v) is 5.16. The number of carbonyl (C=O) groups excluding carboxylic acids is 1. The van der Waals surface area contributed by atoms with E-state index in [2.05, 4.69) is 6.07 Å². The standard InChI is InChI=1S/C26H31N3O3S/c1-18(2)32-17-9-16-29-25(31)21-12-5-6-13-22(21)27-26(29)33-19(3)24(30)28-15-8-11-20-10-4-7-14-23(20)28/h4-7,10,12-14,18-19H,8-9,11,15-17H2,1-3H3/t19-/m1/s1. The van der Waals surface area contributed by atoms with Gasteiger partial charge in [0.15, 0.2) is 5.16 Å². The molecule has 0 saturated heterocycles. The highest BCUT2D eigenvalue weighted by Gasteiger charge is 2.28. The molecule has 1 aliphatic heterocycles. The first-order valence-corrected chi connectivity index (χ1v) is 12.5. The Hall–Kier alpha value is -2.64. The van der Waals surface area contributed by atoms with Crippen LogP contribution in [-0.4, -0.2) is 40.0 Å². The highest BCUT2D eigenvalue weighted by Crippen LogP contribution is 2.30. The molecule has 0 fully saturated rings. The molecule has 0 N–H and O–H groups in total. The Bertz CT molecular complexity index is 1190. The molecule has 0 spiro atoms. The SMILES string of the molecule is CC(C)OCCCn1c(S[C@H](C)C(=O)N2CCCc3ccccc32)nc2ccccc2c1=O. The van der Waals surface area contributed by atoms with Crippen molar-refractivity contribution >= 4 is 34.3 Å². The van der Waals surface area contributed by atoms with Gasteiger partial charge in [0.05, 0.1) is 22.3 Å². The van der Waals surface area contributed by atoms with Crippen LogP contribution in [0.3, 0.4) is 0 Å². The van der Waals surface area contributed by atoms with Crippen molar-refractivity contribution in [3.63, 3.8) is 0 Å². The summed E-state index contributed by atoms with van der Waals surface area (Å²) in [6, 6.07) is 15.5. The molecule has 0 unspecified atom stereocenters.